The van der Waals surface area contributed by atoms with Crippen LogP contribution in [0, 0.1) is 0 Å². The molecule has 0 fully saturated rings. The van der Waals surface area contributed by atoms with Crippen LogP contribution in [0.25, 0.3) is 21.5 Å². The predicted molar refractivity (Wildman–Crippen MR) is 193 cm³/mol. The Morgan fingerprint density at radius 3 is 1.75 bits per heavy atom. The minimum Gasteiger partial charge on any atom is -0.505 e. The first-order valence-electron chi connectivity index (χ1n) is 14.8. The molecule has 20 heteroatoms. The largest absolute Gasteiger partial charge is 0.505 e. The number of rotatable bonds is 9. The van der Waals surface area contributed by atoms with Crippen LogP contribution >= 0.6 is 0 Å². The molecule has 0 unspecified atom stereocenters. The smallest absolute Gasteiger partial charge is 0.296 e. The van der Waals surface area contributed by atoms with Crippen molar-refractivity contribution in [3.05, 3.63) is 109 Å². The summed E-state index contributed by atoms with van der Waals surface area (Å²) in [5.74, 6) is -1.08. The Kier molecular flexibility index (Phi) is 9.51. The summed E-state index contributed by atoms with van der Waals surface area (Å²) in [5, 5.41) is 29.9. The molecule has 53 heavy (non-hydrogen) atoms. The maximum absolute atomic E-state index is 12.6. The van der Waals surface area contributed by atoms with E-state index in [0.29, 0.717) is 17.3 Å². The van der Waals surface area contributed by atoms with E-state index in [9.17, 15) is 48.8 Å². The van der Waals surface area contributed by atoms with Gasteiger partial charge in [0.15, 0.2) is 5.75 Å². The lowest BCUT2D eigenvalue weighted by atomic mass is 10.1. The number of amides is 1. The summed E-state index contributed by atoms with van der Waals surface area (Å²) in [7, 11) is -14.6. The summed E-state index contributed by atoms with van der Waals surface area (Å²) < 4.78 is 101. The number of aromatic hydroxyl groups is 1. The van der Waals surface area contributed by atoms with E-state index in [1.807, 2.05) is 0 Å². The van der Waals surface area contributed by atoms with Gasteiger partial charge < -0.3 is 16.2 Å². The molecule has 0 aromatic heterocycles. The van der Waals surface area contributed by atoms with Gasteiger partial charge in [-0.15, -0.1) is 5.11 Å². The minimum absolute atomic E-state index is 0.0692. The van der Waals surface area contributed by atoms with E-state index in [1.165, 1.54) is 72.8 Å². The number of carbonyl (C=O) groups excluding carboxylic acids is 1. The quantitative estimate of drug-likeness (QED) is 0.0487. The molecular weight excluding hydrogens is 753 g/mol. The van der Waals surface area contributed by atoms with Crippen molar-refractivity contribution in [1.29, 1.82) is 0 Å². The van der Waals surface area contributed by atoms with E-state index in [4.69, 9.17) is 5.73 Å². The fourth-order valence-corrected chi connectivity index (χ4v) is 7.09. The number of benzene rings is 6. The van der Waals surface area contributed by atoms with Gasteiger partial charge in [-0.25, -0.2) is 0 Å². The highest BCUT2D eigenvalue weighted by atomic mass is 32.2. The van der Waals surface area contributed by atoms with Crippen molar-refractivity contribution in [2.24, 2.45) is 20.5 Å². The Bertz CT molecular complexity index is 2860. The monoisotopic (exact) mass is 776 g/mol. The highest BCUT2D eigenvalue weighted by Gasteiger charge is 2.23. The molecule has 6 aromatic rings. The Morgan fingerprint density at radius 2 is 1.15 bits per heavy atom. The molecular formula is C33H24N6O11S3. The summed E-state index contributed by atoms with van der Waals surface area (Å²) in [4.78, 5) is 10.4. The lowest BCUT2D eigenvalue weighted by Crippen LogP contribution is -2.11. The molecule has 0 aliphatic heterocycles. The van der Waals surface area contributed by atoms with Gasteiger partial charge in [-0.3, -0.25) is 18.5 Å². The number of anilines is 2. The molecule has 6 rings (SSSR count). The summed E-state index contributed by atoms with van der Waals surface area (Å²) in [6, 6.07) is 22.8. The molecule has 7 N–H and O–H groups in total. The number of hydrogen-bond acceptors (Lipinski definition) is 13. The lowest BCUT2D eigenvalue weighted by Gasteiger charge is -2.11. The number of azo groups is 2. The van der Waals surface area contributed by atoms with E-state index < -0.39 is 62.4 Å². The van der Waals surface area contributed by atoms with Crippen LogP contribution in [0.2, 0.25) is 0 Å². The molecule has 0 saturated heterocycles. The number of nitrogens with two attached hydrogens (primary N) is 1. The molecule has 0 aliphatic rings. The molecule has 1 amide bonds. The van der Waals surface area contributed by atoms with Crippen molar-refractivity contribution in [3.8, 4) is 5.75 Å². The first-order chi connectivity index (χ1) is 24.9. The number of fused-ring (bicyclic) bond motifs is 2. The second-order valence-electron chi connectivity index (χ2n) is 11.3. The molecule has 0 spiro atoms. The van der Waals surface area contributed by atoms with Crippen LogP contribution in [-0.4, -0.2) is 49.9 Å². The van der Waals surface area contributed by atoms with Crippen molar-refractivity contribution in [2.75, 3.05) is 11.1 Å². The Hall–Kier alpha value is -6.16. The number of nitrogens with zero attached hydrogens (tertiary/aromatic N) is 4. The normalized spacial score (nSPS) is 12.6. The van der Waals surface area contributed by atoms with Crippen LogP contribution in [-0.2, 0) is 30.4 Å². The number of carbonyl (C=O) groups is 1. The van der Waals surface area contributed by atoms with Gasteiger partial charge >= 0.3 is 0 Å². The summed E-state index contributed by atoms with van der Waals surface area (Å²) >= 11 is 0. The van der Waals surface area contributed by atoms with E-state index in [-0.39, 0.29) is 44.3 Å². The van der Waals surface area contributed by atoms with Gasteiger partial charge in [-0.2, -0.15) is 40.6 Å². The maximum atomic E-state index is 12.6. The minimum atomic E-state index is -4.93. The van der Waals surface area contributed by atoms with Gasteiger partial charge in [0.05, 0.1) is 22.0 Å². The van der Waals surface area contributed by atoms with E-state index >= 15 is 0 Å². The van der Waals surface area contributed by atoms with Gasteiger partial charge in [0, 0.05) is 27.7 Å². The number of phenols is 1. The predicted octanol–water partition coefficient (Wildman–Crippen LogP) is 7.10. The van der Waals surface area contributed by atoms with Crippen LogP contribution in [0.3, 0.4) is 0 Å². The van der Waals surface area contributed by atoms with Gasteiger partial charge in [0.1, 0.15) is 15.5 Å². The van der Waals surface area contributed by atoms with Gasteiger partial charge in [-0.05, 0) is 108 Å². The highest BCUT2D eigenvalue weighted by Crippen LogP contribution is 2.42. The van der Waals surface area contributed by atoms with Crippen molar-refractivity contribution >= 4 is 91.9 Å². The van der Waals surface area contributed by atoms with Gasteiger partial charge in [0.25, 0.3) is 36.3 Å². The second-order valence-corrected chi connectivity index (χ2v) is 15.5. The van der Waals surface area contributed by atoms with Crippen LogP contribution in [0.1, 0.15) is 10.4 Å². The summed E-state index contributed by atoms with van der Waals surface area (Å²) in [5.41, 5.74) is 6.73. The zero-order chi connectivity index (χ0) is 38.3. The molecule has 0 heterocycles. The number of hydrogen-bond donors (Lipinski definition) is 6. The zero-order valence-corrected chi connectivity index (χ0v) is 29.0. The van der Waals surface area contributed by atoms with Crippen molar-refractivity contribution in [1.82, 2.24) is 0 Å². The second kappa shape index (κ2) is 13.8. The topological polar surface area (TPSA) is 288 Å². The molecule has 270 valence electrons. The molecule has 0 saturated carbocycles. The third-order valence-corrected chi connectivity index (χ3v) is 10.2. The fourth-order valence-electron chi connectivity index (χ4n) is 5.08. The zero-order valence-electron chi connectivity index (χ0n) is 26.6. The van der Waals surface area contributed by atoms with Crippen molar-refractivity contribution < 1.29 is 48.8 Å². The average molecular weight is 777 g/mol. The lowest BCUT2D eigenvalue weighted by molar-refractivity contribution is 0.102. The number of nitrogens with one attached hydrogen (secondary N) is 1. The maximum Gasteiger partial charge on any atom is 0.296 e. The Morgan fingerprint density at radius 1 is 0.566 bits per heavy atom. The van der Waals surface area contributed by atoms with Crippen LogP contribution in [0.4, 0.5) is 34.1 Å². The standard InChI is InChI=1S/C33H24N6O11S3/c34-21-4-1-18(2-5-21)33(41)35-24-11-12-27-20(13-24)15-30(53(48,49)50)31(32(27)40)39-37-23-9-7-22(8-10-23)36-38-25-6-3-19-14-26(51(42,43)44)17-29(28(19)16-25)52(45,46)47/h1-17,40H,34H2,(H,35,41)(H,42,43,44)(H,45,46,47)(H,48,49,50). The van der Waals surface area contributed by atoms with Gasteiger partial charge in [0.2, 0.25) is 0 Å². The Labute approximate surface area is 300 Å². The number of phenolic OH excluding ortho intramolecular Hbond substituents is 1. The van der Waals surface area contributed by atoms with E-state index in [0.717, 1.165) is 12.1 Å². The van der Waals surface area contributed by atoms with Crippen molar-refractivity contribution in [2.45, 2.75) is 14.7 Å². The van der Waals surface area contributed by atoms with Crippen LogP contribution in [0.15, 0.2) is 138 Å². The Balaban J connectivity index is 1.25. The first kappa shape index (κ1) is 36.6. The molecule has 0 radical (unpaired) electrons. The average Bonchev–Trinajstić information content (AvgIpc) is 3.09. The number of nitrogen functional groups attached to an aromatic ring is 1. The first-order valence-corrected chi connectivity index (χ1v) is 19.1. The molecule has 17 nitrogen and oxygen atoms in total. The third kappa shape index (κ3) is 8.17. The molecule has 6 aromatic carbocycles. The van der Waals surface area contributed by atoms with Crippen LogP contribution < -0.4 is 11.1 Å². The highest BCUT2D eigenvalue weighted by molar-refractivity contribution is 7.87. The fraction of sp³-hybridized carbons (Fsp3) is 0. The molecule has 0 aliphatic carbocycles. The van der Waals surface area contributed by atoms with Crippen LogP contribution in [0.5, 0.6) is 5.75 Å². The van der Waals surface area contributed by atoms with E-state index in [2.05, 4.69) is 25.8 Å². The van der Waals surface area contributed by atoms with Gasteiger partial charge in [-0.1, -0.05) is 6.07 Å². The third-order valence-electron chi connectivity index (χ3n) is 7.60. The molecule has 0 atom stereocenters. The summed E-state index contributed by atoms with van der Waals surface area (Å²) in [6.45, 7) is 0. The summed E-state index contributed by atoms with van der Waals surface area (Å²) in [6.07, 6.45) is 0. The van der Waals surface area contributed by atoms with E-state index in [1.54, 1.807) is 12.1 Å². The molecule has 0 bridgehead atoms. The van der Waals surface area contributed by atoms with Crippen molar-refractivity contribution in [3.63, 3.8) is 0 Å². The SMILES string of the molecule is Nc1ccc(C(=O)Nc2ccc3c(O)c(N=Nc4ccc(N=Nc5ccc6cc(S(=O)(=O)O)cc(S(=O)(=O)O)c6c5)cc4)c(S(=O)(=O)O)cc3c2)cc1.